The van der Waals surface area contributed by atoms with E-state index in [4.69, 9.17) is 11.5 Å². The molecule has 0 radical (unpaired) electrons. The number of hydrogen-bond acceptors (Lipinski definition) is 3. The summed E-state index contributed by atoms with van der Waals surface area (Å²) in [4.78, 5) is 0. The van der Waals surface area contributed by atoms with Crippen LogP contribution in [0.5, 0.6) is 0 Å². The van der Waals surface area contributed by atoms with Crippen molar-refractivity contribution in [3.8, 4) is 0 Å². The molecule has 0 aromatic carbocycles. The highest BCUT2D eigenvalue weighted by Crippen LogP contribution is 1.78. The van der Waals surface area contributed by atoms with Crippen molar-refractivity contribution in [2.24, 2.45) is 11.5 Å². The van der Waals surface area contributed by atoms with Gasteiger partial charge in [-0.05, 0) is 19.2 Å². The van der Waals surface area contributed by atoms with Crippen LogP contribution in [0.4, 0.5) is 0 Å². The van der Waals surface area contributed by atoms with Gasteiger partial charge in [0.15, 0.2) is 0 Å². The Kier molecular flexibility index (Phi) is 2.98. The molecule has 0 aliphatic carbocycles. The topological polar surface area (TPSA) is 64.1 Å². The lowest BCUT2D eigenvalue weighted by Gasteiger charge is -2.17. The predicted octanol–water partition coefficient (Wildman–Crippen LogP) is -0.133. The number of hydrogen-bond donors (Lipinski definition) is 3. The number of allylic oxidation sites excluding steroid dienone is 2. The number of nitrogens with two attached hydrogens (primary N) is 2. The van der Waals surface area contributed by atoms with Crippen molar-refractivity contribution in [1.29, 1.82) is 0 Å². The molecule has 0 unspecified atom stereocenters. The van der Waals surface area contributed by atoms with Crippen molar-refractivity contribution < 1.29 is 0 Å². The maximum absolute atomic E-state index is 5.36. The fraction of sp³-hybridized carbons (Fsp3) is 0.333. The molecule has 3 nitrogen and oxygen atoms in total. The zero-order chi connectivity index (χ0) is 7.33. The van der Waals surface area contributed by atoms with Crippen LogP contribution in [0.15, 0.2) is 24.9 Å². The zero-order valence-electron chi connectivity index (χ0n) is 5.59. The van der Waals surface area contributed by atoms with E-state index in [1.54, 1.807) is 25.3 Å². The molecular weight excluding hydrogens is 114 g/mol. The third kappa shape index (κ3) is 7.20. The summed E-state index contributed by atoms with van der Waals surface area (Å²) < 4.78 is 0. The average Bonchev–Trinajstić information content (AvgIpc) is 1.63. The Morgan fingerprint density at radius 1 is 1.56 bits per heavy atom. The summed E-state index contributed by atoms with van der Waals surface area (Å²) in [5, 5.41) is 2.73. The Morgan fingerprint density at radius 3 is 2.44 bits per heavy atom. The van der Waals surface area contributed by atoms with Gasteiger partial charge in [0.25, 0.3) is 0 Å². The molecule has 0 aliphatic heterocycles. The molecule has 0 amide bonds. The van der Waals surface area contributed by atoms with E-state index in [1.807, 2.05) is 0 Å². The third-order valence-corrected chi connectivity index (χ3v) is 0.627. The van der Waals surface area contributed by atoms with Gasteiger partial charge in [0.05, 0.1) is 0 Å². The second-order valence-electron chi connectivity index (χ2n) is 2.02. The molecular formula is C6H13N3. The molecule has 0 atom stereocenters. The standard InChI is InChI=1S/C6H13N3/c1-3-4-5-9-6(2,7)8/h3-5,9H,1,7-8H2,2H3/b5-4-. The monoisotopic (exact) mass is 127 g/mol. The summed E-state index contributed by atoms with van der Waals surface area (Å²) in [6.45, 7) is 5.14. The first-order chi connectivity index (χ1) is 4.06. The van der Waals surface area contributed by atoms with E-state index in [1.165, 1.54) is 0 Å². The Hall–Kier alpha value is -0.800. The largest absolute Gasteiger partial charge is 0.362 e. The highest BCUT2D eigenvalue weighted by Gasteiger charge is 2.04. The minimum absolute atomic E-state index is 0.834. The van der Waals surface area contributed by atoms with Gasteiger partial charge in [-0.25, -0.2) is 0 Å². The molecule has 0 spiro atoms. The van der Waals surface area contributed by atoms with E-state index in [0.29, 0.717) is 0 Å². The van der Waals surface area contributed by atoms with Crippen LogP contribution in [0.3, 0.4) is 0 Å². The molecule has 52 valence electrons. The molecule has 0 heterocycles. The van der Waals surface area contributed by atoms with Crippen LogP contribution >= 0.6 is 0 Å². The second-order valence-corrected chi connectivity index (χ2v) is 2.02. The lowest BCUT2D eigenvalue weighted by Crippen LogP contribution is -2.56. The summed E-state index contributed by atoms with van der Waals surface area (Å²) in [5.41, 5.74) is 10.7. The van der Waals surface area contributed by atoms with Crippen LogP contribution in [0, 0.1) is 0 Å². The van der Waals surface area contributed by atoms with Gasteiger partial charge in [0.1, 0.15) is 5.79 Å². The normalized spacial score (nSPS) is 11.9. The molecule has 0 aromatic heterocycles. The molecule has 0 aromatic rings. The van der Waals surface area contributed by atoms with E-state index in [2.05, 4.69) is 11.9 Å². The molecule has 3 heteroatoms. The molecule has 9 heavy (non-hydrogen) atoms. The van der Waals surface area contributed by atoms with Gasteiger partial charge >= 0.3 is 0 Å². The lowest BCUT2D eigenvalue weighted by atomic mass is 10.4. The Balaban J connectivity index is 3.50. The summed E-state index contributed by atoms with van der Waals surface area (Å²) in [6, 6.07) is 0. The fourth-order valence-corrected chi connectivity index (χ4v) is 0.296. The van der Waals surface area contributed by atoms with Crippen LogP contribution in [-0.2, 0) is 0 Å². The predicted molar refractivity (Wildman–Crippen MR) is 39.3 cm³/mol. The third-order valence-electron chi connectivity index (χ3n) is 0.627. The van der Waals surface area contributed by atoms with E-state index < -0.39 is 5.79 Å². The van der Waals surface area contributed by atoms with Crippen molar-refractivity contribution in [2.45, 2.75) is 12.7 Å². The van der Waals surface area contributed by atoms with E-state index >= 15 is 0 Å². The van der Waals surface area contributed by atoms with Gasteiger partial charge in [-0.3, -0.25) is 11.5 Å². The van der Waals surface area contributed by atoms with E-state index in [0.717, 1.165) is 0 Å². The first-order valence-corrected chi connectivity index (χ1v) is 2.69. The zero-order valence-corrected chi connectivity index (χ0v) is 5.59. The van der Waals surface area contributed by atoms with Crippen molar-refractivity contribution >= 4 is 0 Å². The van der Waals surface area contributed by atoms with Crippen LogP contribution in [0.1, 0.15) is 6.92 Å². The minimum atomic E-state index is -0.834. The van der Waals surface area contributed by atoms with Crippen molar-refractivity contribution in [1.82, 2.24) is 5.32 Å². The smallest absolute Gasteiger partial charge is 0.135 e. The summed E-state index contributed by atoms with van der Waals surface area (Å²) in [7, 11) is 0. The van der Waals surface area contributed by atoms with Gasteiger partial charge in [0.2, 0.25) is 0 Å². The molecule has 0 rings (SSSR count). The van der Waals surface area contributed by atoms with Crippen LogP contribution < -0.4 is 16.8 Å². The molecule has 0 saturated heterocycles. The number of rotatable bonds is 3. The SMILES string of the molecule is C=C/C=C\NC(C)(N)N. The maximum atomic E-state index is 5.36. The van der Waals surface area contributed by atoms with Crippen LogP contribution in [-0.4, -0.2) is 5.79 Å². The highest BCUT2D eigenvalue weighted by molar-refractivity contribution is 4.97. The molecule has 0 saturated carbocycles. The fourth-order valence-electron chi connectivity index (χ4n) is 0.296. The molecule has 0 bridgehead atoms. The van der Waals surface area contributed by atoms with Gasteiger partial charge in [-0.2, -0.15) is 0 Å². The first kappa shape index (κ1) is 8.20. The van der Waals surface area contributed by atoms with Crippen molar-refractivity contribution in [2.75, 3.05) is 0 Å². The first-order valence-electron chi connectivity index (χ1n) is 2.69. The Morgan fingerprint density at radius 2 is 2.11 bits per heavy atom. The number of nitrogens with one attached hydrogen (secondary N) is 1. The van der Waals surface area contributed by atoms with Gasteiger partial charge in [0, 0.05) is 0 Å². The maximum Gasteiger partial charge on any atom is 0.135 e. The average molecular weight is 127 g/mol. The second kappa shape index (κ2) is 3.27. The van der Waals surface area contributed by atoms with Gasteiger partial charge in [-0.15, -0.1) is 0 Å². The van der Waals surface area contributed by atoms with Gasteiger partial charge < -0.3 is 5.32 Å². The van der Waals surface area contributed by atoms with Crippen LogP contribution in [0.2, 0.25) is 0 Å². The van der Waals surface area contributed by atoms with Crippen LogP contribution in [0.25, 0.3) is 0 Å². The quantitative estimate of drug-likeness (QED) is 0.365. The highest BCUT2D eigenvalue weighted by atomic mass is 15.2. The van der Waals surface area contributed by atoms with E-state index in [9.17, 15) is 0 Å². The minimum Gasteiger partial charge on any atom is -0.362 e. The summed E-state index contributed by atoms with van der Waals surface area (Å²) >= 11 is 0. The summed E-state index contributed by atoms with van der Waals surface area (Å²) in [6.07, 6.45) is 5.00. The van der Waals surface area contributed by atoms with E-state index in [-0.39, 0.29) is 0 Å². The Bertz CT molecular complexity index is 110. The lowest BCUT2D eigenvalue weighted by molar-refractivity contribution is 0.436. The summed E-state index contributed by atoms with van der Waals surface area (Å²) in [5.74, 6) is -0.834. The molecule has 0 fully saturated rings. The van der Waals surface area contributed by atoms with Crippen molar-refractivity contribution in [3.63, 3.8) is 0 Å². The molecule has 0 aliphatic rings. The van der Waals surface area contributed by atoms with Gasteiger partial charge in [-0.1, -0.05) is 12.7 Å². The van der Waals surface area contributed by atoms with Crippen molar-refractivity contribution in [3.05, 3.63) is 24.9 Å². The molecule has 5 N–H and O–H groups in total. The Labute approximate surface area is 55.4 Å².